The van der Waals surface area contributed by atoms with Crippen LogP contribution in [0.5, 0.6) is 0 Å². The number of hydrogen-bond donors (Lipinski definition) is 1. The molecule has 2 aromatic rings. The van der Waals surface area contributed by atoms with E-state index in [9.17, 15) is 0 Å². The van der Waals surface area contributed by atoms with Gasteiger partial charge in [0, 0.05) is 16.2 Å². The molecule has 1 heterocycles. The topological polar surface area (TPSA) is 12.0 Å². The van der Waals surface area contributed by atoms with Crippen molar-refractivity contribution in [3.8, 4) is 0 Å². The predicted molar refractivity (Wildman–Crippen MR) is 91.8 cm³/mol. The number of fused-ring (bicyclic) bond motifs is 1. The molecule has 1 nitrogen and oxygen atoms in total. The Morgan fingerprint density at radius 1 is 1.05 bits per heavy atom. The van der Waals surface area contributed by atoms with Crippen LogP contribution in [0.15, 0.2) is 59.5 Å². The van der Waals surface area contributed by atoms with Crippen LogP contribution in [0, 0.1) is 5.92 Å². The number of hydrogen-bond acceptors (Lipinski definition) is 2. The monoisotopic (exact) mass is 297 g/mol. The number of thioether (sulfide) groups is 1. The van der Waals surface area contributed by atoms with Crippen LogP contribution in [-0.2, 0) is 0 Å². The first kappa shape index (κ1) is 14.7. The van der Waals surface area contributed by atoms with Crippen LogP contribution in [-0.4, -0.2) is 11.3 Å². The predicted octanol–water partition coefficient (Wildman–Crippen LogP) is 4.89. The smallest absolute Gasteiger partial charge is 0.0592 e. The van der Waals surface area contributed by atoms with Crippen LogP contribution >= 0.6 is 11.8 Å². The maximum atomic E-state index is 3.94. The molecule has 0 aromatic heterocycles. The van der Waals surface area contributed by atoms with Gasteiger partial charge in [-0.25, -0.2) is 0 Å². The largest absolute Gasteiger partial charge is 0.300 e. The first-order valence-electron chi connectivity index (χ1n) is 7.64. The summed E-state index contributed by atoms with van der Waals surface area (Å²) in [6.45, 7) is 6.98. The Bertz CT molecular complexity index is 608. The Kier molecular flexibility index (Phi) is 4.10. The van der Waals surface area contributed by atoms with Crippen molar-refractivity contribution in [1.82, 2.24) is 5.32 Å². The molecule has 110 valence electrons. The van der Waals surface area contributed by atoms with Gasteiger partial charge >= 0.3 is 0 Å². The van der Waals surface area contributed by atoms with E-state index in [0.717, 1.165) is 5.75 Å². The van der Waals surface area contributed by atoms with E-state index in [4.69, 9.17) is 0 Å². The molecule has 2 aromatic carbocycles. The summed E-state index contributed by atoms with van der Waals surface area (Å²) in [5.41, 5.74) is 2.88. The highest BCUT2D eigenvalue weighted by atomic mass is 32.2. The van der Waals surface area contributed by atoms with Crippen LogP contribution in [0.1, 0.15) is 37.9 Å². The van der Waals surface area contributed by atoms with Gasteiger partial charge in [-0.05, 0) is 30.0 Å². The van der Waals surface area contributed by atoms with Crippen LogP contribution in [0.2, 0.25) is 0 Å². The standard InChI is InChI=1S/C19H23NS/c1-14(2)19(3)13-21-17-12-8-7-11-16(17)18(20-19)15-9-5-4-6-10-15/h4-12,14,18,20H,13H2,1-3H3/t18-,19-/m1/s1. The summed E-state index contributed by atoms with van der Waals surface area (Å²) in [4.78, 5) is 1.41. The van der Waals surface area contributed by atoms with E-state index in [1.807, 2.05) is 11.8 Å². The highest BCUT2D eigenvalue weighted by Gasteiger charge is 2.35. The average Bonchev–Trinajstić information content (AvgIpc) is 2.67. The summed E-state index contributed by atoms with van der Waals surface area (Å²) >= 11 is 1.98. The van der Waals surface area contributed by atoms with Crippen molar-refractivity contribution >= 4 is 11.8 Å². The minimum Gasteiger partial charge on any atom is -0.300 e. The minimum atomic E-state index is 0.129. The molecular weight excluding hydrogens is 274 g/mol. The lowest BCUT2D eigenvalue weighted by Crippen LogP contribution is -2.50. The van der Waals surface area contributed by atoms with Crippen molar-refractivity contribution in [2.75, 3.05) is 5.75 Å². The molecule has 0 radical (unpaired) electrons. The van der Waals surface area contributed by atoms with Crippen LogP contribution in [0.3, 0.4) is 0 Å². The summed E-state index contributed by atoms with van der Waals surface area (Å²) in [5.74, 6) is 1.69. The Morgan fingerprint density at radius 3 is 2.43 bits per heavy atom. The van der Waals surface area contributed by atoms with Gasteiger partial charge in [-0.1, -0.05) is 62.4 Å². The van der Waals surface area contributed by atoms with Crippen molar-refractivity contribution in [2.45, 2.75) is 37.2 Å². The van der Waals surface area contributed by atoms with Crippen molar-refractivity contribution in [3.63, 3.8) is 0 Å². The molecule has 0 aliphatic carbocycles. The molecule has 0 bridgehead atoms. The van der Waals surface area contributed by atoms with Crippen LogP contribution in [0.4, 0.5) is 0 Å². The third-order valence-electron chi connectivity index (χ3n) is 4.64. The van der Waals surface area contributed by atoms with Crippen LogP contribution in [0.25, 0.3) is 0 Å². The van der Waals surface area contributed by atoms with Gasteiger partial charge in [0.05, 0.1) is 6.04 Å². The first-order valence-corrected chi connectivity index (χ1v) is 8.63. The van der Waals surface area contributed by atoms with Crippen molar-refractivity contribution < 1.29 is 0 Å². The SMILES string of the molecule is CC(C)[C@@]1(C)CSc2ccccc2[C@@H](c2ccccc2)N1. The number of nitrogens with one attached hydrogen (secondary N) is 1. The Labute approximate surface area is 132 Å². The molecule has 1 N–H and O–H groups in total. The molecule has 0 saturated carbocycles. The fraction of sp³-hybridized carbons (Fsp3) is 0.368. The molecule has 0 saturated heterocycles. The zero-order valence-electron chi connectivity index (χ0n) is 13.0. The lowest BCUT2D eigenvalue weighted by atomic mass is 9.87. The zero-order valence-corrected chi connectivity index (χ0v) is 13.8. The molecule has 1 aliphatic heterocycles. The first-order chi connectivity index (χ1) is 10.1. The Balaban J connectivity index is 2.08. The second-order valence-electron chi connectivity index (χ2n) is 6.39. The van der Waals surface area contributed by atoms with E-state index in [-0.39, 0.29) is 11.6 Å². The van der Waals surface area contributed by atoms with E-state index < -0.39 is 0 Å². The summed E-state index contributed by atoms with van der Waals surface area (Å²) < 4.78 is 0. The maximum absolute atomic E-state index is 3.94. The summed E-state index contributed by atoms with van der Waals surface area (Å²) in [6.07, 6.45) is 0. The normalized spacial score (nSPS) is 25.4. The number of benzene rings is 2. The van der Waals surface area contributed by atoms with E-state index in [1.54, 1.807) is 0 Å². The summed E-state index contributed by atoms with van der Waals surface area (Å²) in [5, 5.41) is 3.94. The van der Waals surface area contributed by atoms with E-state index in [2.05, 4.69) is 80.7 Å². The Hall–Kier alpha value is -1.25. The highest BCUT2D eigenvalue weighted by molar-refractivity contribution is 7.99. The average molecular weight is 297 g/mol. The second kappa shape index (κ2) is 5.86. The lowest BCUT2D eigenvalue weighted by Gasteiger charge is -2.36. The Morgan fingerprint density at radius 2 is 1.71 bits per heavy atom. The van der Waals surface area contributed by atoms with Gasteiger partial charge in [0.1, 0.15) is 0 Å². The van der Waals surface area contributed by atoms with E-state index in [0.29, 0.717) is 5.92 Å². The molecule has 0 amide bonds. The molecule has 3 rings (SSSR count). The molecule has 21 heavy (non-hydrogen) atoms. The summed E-state index contributed by atoms with van der Waals surface area (Å²) in [7, 11) is 0. The molecule has 2 heteroatoms. The van der Waals surface area contributed by atoms with Gasteiger partial charge in [0.2, 0.25) is 0 Å². The third kappa shape index (κ3) is 2.88. The van der Waals surface area contributed by atoms with Gasteiger partial charge < -0.3 is 0 Å². The van der Waals surface area contributed by atoms with Gasteiger partial charge in [0.25, 0.3) is 0 Å². The molecule has 0 spiro atoms. The molecule has 0 unspecified atom stereocenters. The quantitative estimate of drug-likeness (QED) is 0.847. The molecule has 1 aliphatic rings. The molecule has 0 fully saturated rings. The maximum Gasteiger partial charge on any atom is 0.0592 e. The number of rotatable bonds is 2. The van der Waals surface area contributed by atoms with E-state index >= 15 is 0 Å². The zero-order chi connectivity index (χ0) is 14.9. The van der Waals surface area contributed by atoms with Gasteiger partial charge in [-0.15, -0.1) is 11.8 Å². The van der Waals surface area contributed by atoms with Crippen LogP contribution < -0.4 is 5.32 Å². The van der Waals surface area contributed by atoms with E-state index in [1.165, 1.54) is 16.0 Å². The van der Waals surface area contributed by atoms with Crippen molar-refractivity contribution in [3.05, 3.63) is 65.7 Å². The lowest BCUT2D eigenvalue weighted by molar-refractivity contribution is 0.277. The fourth-order valence-electron chi connectivity index (χ4n) is 2.77. The highest BCUT2D eigenvalue weighted by Crippen LogP contribution is 2.39. The molecule has 2 atom stereocenters. The molecular formula is C19H23NS. The van der Waals surface area contributed by atoms with Crippen molar-refractivity contribution in [1.29, 1.82) is 0 Å². The van der Waals surface area contributed by atoms with Gasteiger partial charge in [0.15, 0.2) is 0 Å². The van der Waals surface area contributed by atoms with Crippen molar-refractivity contribution in [2.24, 2.45) is 5.92 Å². The third-order valence-corrected chi connectivity index (χ3v) is 6.07. The fourth-order valence-corrected chi connectivity index (χ4v) is 4.17. The van der Waals surface area contributed by atoms with Gasteiger partial charge in [-0.3, -0.25) is 5.32 Å². The summed E-state index contributed by atoms with van der Waals surface area (Å²) in [6, 6.07) is 19.9. The second-order valence-corrected chi connectivity index (χ2v) is 7.40. The van der Waals surface area contributed by atoms with Gasteiger partial charge in [-0.2, -0.15) is 0 Å². The minimum absolute atomic E-state index is 0.129.